The fourth-order valence-electron chi connectivity index (χ4n) is 1.28. The molecule has 17 heavy (non-hydrogen) atoms. The Morgan fingerprint density at radius 3 is 2.71 bits per heavy atom. The minimum absolute atomic E-state index is 0.289. The van der Waals surface area contributed by atoms with Crippen LogP contribution in [-0.4, -0.2) is 37.5 Å². The van der Waals surface area contributed by atoms with E-state index >= 15 is 0 Å². The quantitative estimate of drug-likeness (QED) is 0.630. The summed E-state index contributed by atoms with van der Waals surface area (Å²) in [7, 11) is 0. The molecular formula is C12H19BrN2O2. The standard InChI is InChI=1S/C12H19BrN2O2/c13-10-2-4-12(5-3-10)17-9-11(16)8-15-7-1-6-14/h2-5,11,15-16H,1,6-9,14H2. The van der Waals surface area contributed by atoms with Crippen molar-refractivity contribution in [1.82, 2.24) is 5.32 Å². The highest BCUT2D eigenvalue weighted by Crippen LogP contribution is 2.16. The number of hydrogen-bond donors (Lipinski definition) is 3. The summed E-state index contributed by atoms with van der Waals surface area (Å²) in [6.07, 6.45) is 0.414. The first-order chi connectivity index (χ1) is 8.22. The van der Waals surface area contributed by atoms with E-state index in [2.05, 4.69) is 21.2 Å². The largest absolute Gasteiger partial charge is 0.491 e. The van der Waals surface area contributed by atoms with E-state index in [1.54, 1.807) is 0 Å². The first kappa shape index (κ1) is 14.4. The maximum absolute atomic E-state index is 9.64. The van der Waals surface area contributed by atoms with Crippen molar-refractivity contribution in [2.75, 3.05) is 26.2 Å². The van der Waals surface area contributed by atoms with Crippen LogP contribution < -0.4 is 15.8 Å². The van der Waals surface area contributed by atoms with E-state index in [4.69, 9.17) is 10.5 Å². The van der Waals surface area contributed by atoms with Crippen molar-refractivity contribution < 1.29 is 9.84 Å². The summed E-state index contributed by atoms with van der Waals surface area (Å²) in [5.41, 5.74) is 5.36. The highest BCUT2D eigenvalue weighted by Gasteiger charge is 2.04. The van der Waals surface area contributed by atoms with Crippen molar-refractivity contribution >= 4 is 15.9 Å². The van der Waals surface area contributed by atoms with Crippen LogP contribution in [0.1, 0.15) is 6.42 Å². The van der Waals surface area contributed by atoms with Crippen LogP contribution in [-0.2, 0) is 0 Å². The molecule has 4 N–H and O–H groups in total. The Morgan fingerprint density at radius 2 is 2.06 bits per heavy atom. The molecule has 1 rings (SSSR count). The maximum atomic E-state index is 9.64. The average molecular weight is 303 g/mol. The van der Waals surface area contributed by atoms with Crippen LogP contribution >= 0.6 is 15.9 Å². The normalized spacial score (nSPS) is 12.4. The van der Waals surface area contributed by atoms with Crippen molar-refractivity contribution in [2.24, 2.45) is 5.73 Å². The fraction of sp³-hybridized carbons (Fsp3) is 0.500. The molecule has 0 radical (unpaired) electrons. The van der Waals surface area contributed by atoms with Gasteiger partial charge in [-0.3, -0.25) is 0 Å². The summed E-state index contributed by atoms with van der Waals surface area (Å²) >= 11 is 3.35. The Hall–Kier alpha value is -0.620. The molecule has 4 nitrogen and oxygen atoms in total. The zero-order valence-corrected chi connectivity index (χ0v) is 11.3. The van der Waals surface area contributed by atoms with Gasteiger partial charge in [0.1, 0.15) is 18.5 Å². The summed E-state index contributed by atoms with van der Waals surface area (Å²) in [5, 5.41) is 12.8. The Balaban J connectivity index is 2.14. The van der Waals surface area contributed by atoms with E-state index < -0.39 is 6.10 Å². The zero-order valence-electron chi connectivity index (χ0n) is 9.73. The van der Waals surface area contributed by atoms with E-state index in [0.29, 0.717) is 13.1 Å². The number of nitrogens with two attached hydrogens (primary N) is 1. The Kier molecular flexibility index (Phi) is 7.19. The van der Waals surface area contributed by atoms with Crippen molar-refractivity contribution in [1.29, 1.82) is 0 Å². The molecule has 0 aliphatic heterocycles. The molecule has 0 aliphatic carbocycles. The Bertz CT molecular complexity index is 306. The van der Waals surface area contributed by atoms with Gasteiger partial charge in [-0.1, -0.05) is 15.9 Å². The van der Waals surface area contributed by atoms with Crippen LogP contribution in [0.3, 0.4) is 0 Å². The number of hydrogen-bond acceptors (Lipinski definition) is 4. The van der Waals surface area contributed by atoms with Gasteiger partial charge >= 0.3 is 0 Å². The van der Waals surface area contributed by atoms with Crippen molar-refractivity contribution in [3.8, 4) is 5.75 Å². The number of rotatable bonds is 8. The Labute approximate surface area is 110 Å². The van der Waals surface area contributed by atoms with E-state index in [-0.39, 0.29) is 6.61 Å². The second kappa shape index (κ2) is 8.47. The molecule has 0 bridgehead atoms. The maximum Gasteiger partial charge on any atom is 0.119 e. The van der Waals surface area contributed by atoms with Gasteiger partial charge in [-0.05, 0) is 43.8 Å². The molecule has 0 saturated carbocycles. The first-order valence-electron chi connectivity index (χ1n) is 5.69. The van der Waals surface area contributed by atoms with Crippen LogP contribution in [0.2, 0.25) is 0 Å². The summed E-state index contributed by atoms with van der Waals surface area (Å²) in [4.78, 5) is 0. The molecule has 5 heteroatoms. The highest BCUT2D eigenvalue weighted by molar-refractivity contribution is 9.10. The van der Waals surface area contributed by atoms with E-state index in [1.165, 1.54) is 0 Å². The number of benzene rings is 1. The van der Waals surface area contributed by atoms with E-state index in [9.17, 15) is 5.11 Å². The summed E-state index contributed by atoms with van der Waals surface area (Å²) < 4.78 is 6.45. The summed E-state index contributed by atoms with van der Waals surface area (Å²) in [6.45, 7) is 2.30. The fourth-order valence-corrected chi connectivity index (χ4v) is 1.54. The third kappa shape index (κ3) is 6.63. The number of aliphatic hydroxyl groups excluding tert-OH is 1. The van der Waals surface area contributed by atoms with Gasteiger partial charge in [-0.15, -0.1) is 0 Å². The first-order valence-corrected chi connectivity index (χ1v) is 6.49. The lowest BCUT2D eigenvalue weighted by molar-refractivity contribution is 0.106. The third-order valence-corrected chi connectivity index (χ3v) is 2.72. The Morgan fingerprint density at radius 1 is 1.35 bits per heavy atom. The topological polar surface area (TPSA) is 67.5 Å². The van der Waals surface area contributed by atoms with Crippen LogP contribution in [0.25, 0.3) is 0 Å². The van der Waals surface area contributed by atoms with Gasteiger partial charge in [-0.25, -0.2) is 0 Å². The molecule has 1 aromatic carbocycles. The van der Waals surface area contributed by atoms with Gasteiger partial charge in [0.15, 0.2) is 0 Å². The van der Waals surface area contributed by atoms with Crippen LogP contribution in [0, 0.1) is 0 Å². The van der Waals surface area contributed by atoms with Gasteiger partial charge in [0.2, 0.25) is 0 Å². The third-order valence-electron chi connectivity index (χ3n) is 2.19. The van der Waals surface area contributed by atoms with Gasteiger partial charge in [-0.2, -0.15) is 0 Å². The number of nitrogens with one attached hydrogen (secondary N) is 1. The number of aliphatic hydroxyl groups is 1. The van der Waals surface area contributed by atoms with Crippen LogP contribution in [0.15, 0.2) is 28.7 Å². The minimum Gasteiger partial charge on any atom is -0.491 e. The van der Waals surface area contributed by atoms with Crippen LogP contribution in [0.5, 0.6) is 5.75 Å². The molecule has 0 spiro atoms. The molecule has 1 atom stereocenters. The number of halogens is 1. The number of ether oxygens (including phenoxy) is 1. The second-order valence-electron chi connectivity index (χ2n) is 3.77. The molecule has 1 aromatic rings. The lowest BCUT2D eigenvalue weighted by atomic mass is 10.3. The van der Waals surface area contributed by atoms with E-state index in [1.807, 2.05) is 24.3 Å². The molecule has 0 amide bonds. The lowest BCUT2D eigenvalue weighted by Gasteiger charge is -2.13. The molecule has 1 unspecified atom stereocenters. The molecule has 0 saturated heterocycles. The molecule has 0 aromatic heterocycles. The van der Waals surface area contributed by atoms with Crippen LogP contribution in [0.4, 0.5) is 0 Å². The molecule has 0 aliphatic rings. The molecule has 0 fully saturated rings. The molecule has 0 heterocycles. The second-order valence-corrected chi connectivity index (χ2v) is 4.68. The smallest absolute Gasteiger partial charge is 0.119 e. The van der Waals surface area contributed by atoms with E-state index in [0.717, 1.165) is 23.2 Å². The zero-order chi connectivity index (χ0) is 12.5. The summed E-state index contributed by atoms with van der Waals surface area (Å²) in [5.74, 6) is 0.759. The van der Waals surface area contributed by atoms with Crippen molar-refractivity contribution in [3.63, 3.8) is 0 Å². The molecular weight excluding hydrogens is 284 g/mol. The van der Waals surface area contributed by atoms with Crippen molar-refractivity contribution in [3.05, 3.63) is 28.7 Å². The molecule has 96 valence electrons. The predicted molar refractivity (Wildman–Crippen MR) is 72.2 cm³/mol. The van der Waals surface area contributed by atoms with Gasteiger partial charge in [0.05, 0.1) is 0 Å². The minimum atomic E-state index is -0.503. The highest BCUT2D eigenvalue weighted by atomic mass is 79.9. The van der Waals surface area contributed by atoms with Gasteiger partial charge < -0.3 is 20.9 Å². The SMILES string of the molecule is NCCCNCC(O)COc1ccc(Br)cc1. The van der Waals surface area contributed by atoms with Gasteiger partial charge in [0.25, 0.3) is 0 Å². The average Bonchev–Trinajstić information content (AvgIpc) is 2.34. The van der Waals surface area contributed by atoms with Crippen molar-refractivity contribution in [2.45, 2.75) is 12.5 Å². The monoisotopic (exact) mass is 302 g/mol. The van der Waals surface area contributed by atoms with Gasteiger partial charge in [0, 0.05) is 11.0 Å². The summed E-state index contributed by atoms with van der Waals surface area (Å²) in [6, 6.07) is 7.53. The predicted octanol–water partition coefficient (Wildman–Crippen LogP) is 1.13. The lowest BCUT2D eigenvalue weighted by Crippen LogP contribution is -2.32.